The fraction of sp³-hybridized carbons (Fsp3) is 0.579. The van der Waals surface area contributed by atoms with Crippen LogP contribution in [-0.2, 0) is 16.1 Å². The van der Waals surface area contributed by atoms with Crippen LogP contribution in [0.1, 0.15) is 52.9 Å². The van der Waals surface area contributed by atoms with Crippen LogP contribution in [0.25, 0.3) is 0 Å². The number of hydrogen-bond acceptors (Lipinski definition) is 3. The highest BCUT2D eigenvalue weighted by atomic mass is 16.2. The normalized spacial score (nSPS) is 11.2. The molecule has 2 amide bonds. The minimum absolute atomic E-state index is 0.0785. The molecular formula is C19H31N4O2+. The van der Waals surface area contributed by atoms with E-state index in [0.29, 0.717) is 5.71 Å². The van der Waals surface area contributed by atoms with Crippen LogP contribution in [0.15, 0.2) is 35.7 Å². The number of carbonyl (C=O) groups is 2. The Morgan fingerprint density at radius 3 is 2.20 bits per heavy atom. The predicted molar refractivity (Wildman–Crippen MR) is 98.9 cm³/mol. The highest BCUT2D eigenvalue weighted by Gasteiger charge is 2.14. The zero-order chi connectivity index (χ0) is 18.5. The molecule has 1 heterocycles. The first-order valence-electron chi connectivity index (χ1n) is 9.10. The number of rotatable bonds is 11. The summed E-state index contributed by atoms with van der Waals surface area (Å²) < 4.78 is 1.77. The maximum absolute atomic E-state index is 12.4. The molecule has 138 valence electrons. The number of aromatic nitrogens is 1. The molecule has 0 saturated carbocycles. The Bertz CT molecular complexity index is 550. The van der Waals surface area contributed by atoms with Gasteiger partial charge < -0.3 is 4.90 Å². The summed E-state index contributed by atoms with van der Waals surface area (Å²) in [6, 6.07) is 5.62. The molecule has 6 heteroatoms. The van der Waals surface area contributed by atoms with E-state index in [1.807, 2.05) is 35.5 Å². The second-order valence-corrected chi connectivity index (χ2v) is 6.19. The zero-order valence-corrected chi connectivity index (χ0v) is 15.7. The molecule has 0 aliphatic heterocycles. The van der Waals surface area contributed by atoms with Gasteiger partial charge in [0.15, 0.2) is 12.4 Å². The van der Waals surface area contributed by atoms with Gasteiger partial charge in [0.1, 0.15) is 0 Å². The van der Waals surface area contributed by atoms with Gasteiger partial charge in [0.25, 0.3) is 0 Å². The molecule has 0 atom stereocenters. The maximum atomic E-state index is 12.4. The van der Waals surface area contributed by atoms with Crippen molar-refractivity contribution in [3.8, 4) is 0 Å². The Kier molecular flexibility index (Phi) is 10.1. The number of amides is 2. The van der Waals surface area contributed by atoms with Crippen molar-refractivity contribution in [2.24, 2.45) is 5.10 Å². The standard InChI is InChI=1S/C19H30N4O2/c1-4-6-13-23(14-7-5-2)19(25)15-17(3)20-21-18(24)16-22-11-9-8-10-12-22/h8-12H,4-7,13-16H2,1-3H3/p+1. The van der Waals surface area contributed by atoms with E-state index in [9.17, 15) is 9.59 Å². The molecule has 1 aromatic rings. The van der Waals surface area contributed by atoms with Gasteiger partial charge in [-0.2, -0.15) is 9.67 Å². The van der Waals surface area contributed by atoms with Gasteiger partial charge in [0.05, 0.1) is 6.42 Å². The molecule has 25 heavy (non-hydrogen) atoms. The number of hydrogen-bond donors (Lipinski definition) is 1. The maximum Gasteiger partial charge on any atom is 0.305 e. The lowest BCUT2D eigenvalue weighted by atomic mass is 10.2. The van der Waals surface area contributed by atoms with Crippen molar-refractivity contribution < 1.29 is 14.2 Å². The highest BCUT2D eigenvalue weighted by Crippen LogP contribution is 2.03. The van der Waals surface area contributed by atoms with E-state index in [0.717, 1.165) is 38.8 Å². The summed E-state index contributed by atoms with van der Waals surface area (Å²) in [4.78, 5) is 26.2. The molecule has 1 aromatic heterocycles. The Hall–Kier alpha value is -2.24. The molecule has 0 radical (unpaired) electrons. The quantitative estimate of drug-likeness (QED) is 0.379. The Morgan fingerprint density at radius 1 is 1.04 bits per heavy atom. The van der Waals surface area contributed by atoms with Crippen LogP contribution in [0.4, 0.5) is 0 Å². The molecule has 6 nitrogen and oxygen atoms in total. The largest absolute Gasteiger partial charge is 0.342 e. The van der Waals surface area contributed by atoms with Gasteiger partial charge in [-0.25, -0.2) is 5.43 Å². The molecule has 0 aliphatic carbocycles. The molecule has 0 bridgehead atoms. The third kappa shape index (κ3) is 8.98. The fourth-order valence-electron chi connectivity index (χ4n) is 2.33. The van der Waals surface area contributed by atoms with Gasteiger partial charge in [-0.1, -0.05) is 32.8 Å². The molecule has 0 unspecified atom stereocenters. The molecule has 0 aromatic carbocycles. The first-order valence-corrected chi connectivity index (χ1v) is 9.10. The van der Waals surface area contributed by atoms with Gasteiger partial charge in [0.2, 0.25) is 12.5 Å². The van der Waals surface area contributed by atoms with Crippen molar-refractivity contribution in [2.45, 2.75) is 59.4 Å². The number of carbonyl (C=O) groups excluding carboxylic acids is 2. The highest BCUT2D eigenvalue weighted by molar-refractivity contribution is 6.00. The smallest absolute Gasteiger partial charge is 0.305 e. The second kappa shape index (κ2) is 12.2. The van der Waals surface area contributed by atoms with Gasteiger partial charge in [-0.05, 0) is 19.8 Å². The number of hydrazone groups is 1. The van der Waals surface area contributed by atoms with Gasteiger partial charge in [-0.3, -0.25) is 9.59 Å². The first-order chi connectivity index (χ1) is 12.1. The summed E-state index contributed by atoms with van der Waals surface area (Å²) in [5.74, 6) is -0.133. The van der Waals surface area contributed by atoms with Gasteiger partial charge in [0, 0.05) is 30.9 Å². The molecule has 0 fully saturated rings. The number of unbranched alkanes of at least 4 members (excludes halogenated alkanes) is 2. The zero-order valence-electron chi connectivity index (χ0n) is 15.7. The SMILES string of the molecule is CCCCN(CCCC)C(=O)CC(C)=NNC(=O)C[n+]1ccccc1. The predicted octanol–water partition coefficient (Wildman–Crippen LogP) is 2.29. The minimum Gasteiger partial charge on any atom is -0.342 e. The van der Waals surface area contributed by atoms with E-state index in [1.54, 1.807) is 11.5 Å². The van der Waals surface area contributed by atoms with Crippen LogP contribution in [0, 0.1) is 0 Å². The van der Waals surface area contributed by atoms with E-state index < -0.39 is 0 Å². The van der Waals surface area contributed by atoms with Crippen molar-refractivity contribution >= 4 is 17.5 Å². The molecule has 0 saturated heterocycles. The van der Waals surface area contributed by atoms with E-state index >= 15 is 0 Å². The van der Waals surface area contributed by atoms with Gasteiger partial charge >= 0.3 is 5.91 Å². The van der Waals surface area contributed by atoms with Crippen molar-refractivity contribution in [3.63, 3.8) is 0 Å². The lowest BCUT2D eigenvalue weighted by molar-refractivity contribution is -0.684. The summed E-state index contributed by atoms with van der Waals surface area (Å²) in [7, 11) is 0. The first kappa shape index (κ1) is 20.8. The molecule has 0 spiro atoms. The third-order valence-corrected chi connectivity index (χ3v) is 3.80. The average Bonchev–Trinajstić information content (AvgIpc) is 2.61. The van der Waals surface area contributed by atoms with E-state index in [1.165, 1.54) is 0 Å². The second-order valence-electron chi connectivity index (χ2n) is 6.19. The van der Waals surface area contributed by atoms with Crippen LogP contribution >= 0.6 is 0 Å². The van der Waals surface area contributed by atoms with Crippen molar-refractivity contribution in [1.29, 1.82) is 0 Å². The Morgan fingerprint density at radius 2 is 1.64 bits per heavy atom. The Labute approximate surface area is 150 Å². The number of pyridine rings is 1. The third-order valence-electron chi connectivity index (χ3n) is 3.80. The molecule has 1 N–H and O–H groups in total. The van der Waals surface area contributed by atoms with Crippen molar-refractivity contribution in [2.75, 3.05) is 13.1 Å². The summed E-state index contributed by atoms with van der Waals surface area (Å²) in [6.45, 7) is 7.79. The van der Waals surface area contributed by atoms with Crippen LogP contribution in [0.3, 0.4) is 0 Å². The van der Waals surface area contributed by atoms with Gasteiger partial charge in [-0.15, -0.1) is 0 Å². The van der Waals surface area contributed by atoms with Crippen molar-refractivity contribution in [1.82, 2.24) is 10.3 Å². The van der Waals surface area contributed by atoms with E-state index in [-0.39, 0.29) is 24.8 Å². The monoisotopic (exact) mass is 347 g/mol. The summed E-state index contributed by atoms with van der Waals surface area (Å²) in [5.41, 5.74) is 3.14. The number of nitrogens with zero attached hydrogens (tertiary/aromatic N) is 3. The minimum atomic E-state index is -0.211. The fourth-order valence-corrected chi connectivity index (χ4v) is 2.33. The summed E-state index contributed by atoms with van der Waals surface area (Å²) in [6.07, 6.45) is 8.03. The van der Waals surface area contributed by atoms with E-state index in [2.05, 4.69) is 24.4 Å². The van der Waals surface area contributed by atoms with Crippen molar-refractivity contribution in [3.05, 3.63) is 30.6 Å². The lowest BCUT2D eigenvalue weighted by Crippen LogP contribution is -2.41. The Balaban J connectivity index is 2.48. The average molecular weight is 347 g/mol. The van der Waals surface area contributed by atoms with Crippen LogP contribution in [0.2, 0.25) is 0 Å². The summed E-state index contributed by atoms with van der Waals surface area (Å²) in [5, 5.41) is 4.06. The summed E-state index contributed by atoms with van der Waals surface area (Å²) >= 11 is 0. The van der Waals surface area contributed by atoms with Crippen LogP contribution in [0.5, 0.6) is 0 Å². The molecular weight excluding hydrogens is 316 g/mol. The topological polar surface area (TPSA) is 65.7 Å². The van der Waals surface area contributed by atoms with E-state index in [4.69, 9.17) is 0 Å². The molecule has 1 rings (SSSR count). The lowest BCUT2D eigenvalue weighted by Gasteiger charge is -2.22. The molecule has 0 aliphatic rings. The van der Waals surface area contributed by atoms with Crippen LogP contribution < -0.4 is 9.99 Å². The van der Waals surface area contributed by atoms with Crippen LogP contribution in [-0.4, -0.2) is 35.5 Å². The number of nitrogens with one attached hydrogen (secondary N) is 1.